The number of hydrogen-bond acceptors (Lipinski definition) is 5. The van der Waals surface area contributed by atoms with Crippen molar-refractivity contribution >= 4 is 16.9 Å². The molecule has 2 atom stereocenters. The van der Waals surface area contributed by atoms with Gasteiger partial charge in [0.1, 0.15) is 11.3 Å². The Kier molecular flexibility index (Phi) is 4.21. The fourth-order valence-corrected chi connectivity index (χ4v) is 5.24. The van der Waals surface area contributed by atoms with Gasteiger partial charge in [-0.1, -0.05) is 6.07 Å². The van der Waals surface area contributed by atoms with E-state index in [1.54, 1.807) is 18.6 Å². The van der Waals surface area contributed by atoms with Crippen molar-refractivity contribution in [1.29, 1.82) is 0 Å². The van der Waals surface area contributed by atoms with Crippen LogP contribution in [-0.2, 0) is 13.6 Å². The first-order valence-electron chi connectivity index (χ1n) is 10.8. The molecule has 8 heteroatoms. The van der Waals surface area contributed by atoms with Crippen molar-refractivity contribution in [2.24, 2.45) is 13.0 Å². The monoisotopic (exact) mass is 426 g/mol. The van der Waals surface area contributed by atoms with E-state index in [-0.39, 0.29) is 23.3 Å². The van der Waals surface area contributed by atoms with Crippen LogP contribution in [0.5, 0.6) is 0 Å². The summed E-state index contributed by atoms with van der Waals surface area (Å²) < 4.78 is 3.76. The number of pyridine rings is 1. The van der Waals surface area contributed by atoms with Gasteiger partial charge in [0.2, 0.25) is 0 Å². The zero-order valence-corrected chi connectivity index (χ0v) is 17.7. The minimum atomic E-state index is -0.0220. The standard InChI is InChI=1S/C24H22N6O2/c1-28-10-9-27-22(28)18-5-6-20-16-11-15(13-30(20)24(18)32)12-29(14-16)23(31)17-3-2-4-19-21(17)26-8-7-25-19/h2-10,15-16H,11-14H2,1H3/t15-,16+/m0/s1. The van der Waals surface area contributed by atoms with Gasteiger partial charge in [-0.05, 0) is 36.6 Å². The maximum absolute atomic E-state index is 13.4. The number of hydrogen-bond donors (Lipinski definition) is 0. The zero-order chi connectivity index (χ0) is 21.8. The van der Waals surface area contributed by atoms with Crippen molar-refractivity contribution in [2.75, 3.05) is 13.1 Å². The predicted octanol–water partition coefficient (Wildman–Crippen LogP) is 2.45. The van der Waals surface area contributed by atoms with Crippen LogP contribution >= 0.6 is 0 Å². The lowest BCUT2D eigenvalue weighted by molar-refractivity contribution is 0.0596. The Morgan fingerprint density at radius 2 is 1.88 bits per heavy atom. The number of imidazole rings is 1. The minimum absolute atomic E-state index is 0.00407. The average molecular weight is 426 g/mol. The lowest BCUT2D eigenvalue weighted by Gasteiger charge is -2.43. The van der Waals surface area contributed by atoms with Crippen molar-refractivity contribution < 1.29 is 4.79 Å². The average Bonchev–Trinajstić information content (AvgIpc) is 3.24. The molecule has 1 fully saturated rings. The summed E-state index contributed by atoms with van der Waals surface area (Å²) in [6.07, 6.45) is 7.78. The van der Waals surface area contributed by atoms with Gasteiger partial charge in [0, 0.05) is 63.1 Å². The zero-order valence-electron chi connectivity index (χ0n) is 17.7. The van der Waals surface area contributed by atoms with Crippen molar-refractivity contribution in [3.63, 3.8) is 0 Å². The van der Waals surface area contributed by atoms with Gasteiger partial charge >= 0.3 is 0 Å². The largest absolute Gasteiger partial charge is 0.338 e. The molecule has 8 nitrogen and oxygen atoms in total. The van der Waals surface area contributed by atoms with E-state index in [4.69, 9.17) is 0 Å². The van der Waals surface area contributed by atoms with Gasteiger partial charge in [-0.15, -0.1) is 0 Å². The number of carbonyl (C=O) groups is 1. The molecule has 2 aliphatic heterocycles. The molecule has 2 aliphatic rings. The summed E-state index contributed by atoms with van der Waals surface area (Å²) in [5, 5.41) is 0. The van der Waals surface area contributed by atoms with E-state index in [2.05, 4.69) is 15.0 Å². The highest BCUT2D eigenvalue weighted by atomic mass is 16.2. The Labute approximate surface area is 184 Å². The number of fused-ring (bicyclic) bond motifs is 5. The van der Waals surface area contributed by atoms with Gasteiger partial charge in [-0.25, -0.2) is 4.98 Å². The van der Waals surface area contributed by atoms with E-state index >= 15 is 0 Å². The van der Waals surface area contributed by atoms with Crippen LogP contribution < -0.4 is 5.56 Å². The molecule has 3 aromatic heterocycles. The molecule has 2 bridgehead atoms. The second-order valence-corrected chi connectivity index (χ2v) is 8.69. The van der Waals surface area contributed by atoms with Gasteiger partial charge in [-0.2, -0.15) is 0 Å². The number of nitrogens with zero attached hydrogens (tertiary/aromatic N) is 6. The molecule has 4 aromatic rings. The third kappa shape index (κ3) is 2.86. The molecule has 160 valence electrons. The molecule has 1 aromatic carbocycles. The maximum Gasteiger partial charge on any atom is 0.261 e. The summed E-state index contributed by atoms with van der Waals surface area (Å²) >= 11 is 0. The third-order valence-corrected chi connectivity index (χ3v) is 6.68. The number of amides is 1. The Bertz CT molecular complexity index is 1420. The summed E-state index contributed by atoms with van der Waals surface area (Å²) in [6.45, 7) is 1.83. The highest BCUT2D eigenvalue weighted by Gasteiger charge is 2.37. The SMILES string of the molecule is Cn1ccnc1-c1ccc2n(c1=O)C[C@H]1C[C@@H]2CN(C(=O)c2cccc3nccnc23)C1. The Morgan fingerprint density at radius 3 is 2.72 bits per heavy atom. The summed E-state index contributed by atoms with van der Waals surface area (Å²) in [4.78, 5) is 41.7. The predicted molar refractivity (Wildman–Crippen MR) is 119 cm³/mol. The van der Waals surface area contributed by atoms with E-state index in [1.165, 1.54) is 0 Å². The van der Waals surface area contributed by atoms with Crippen LogP contribution in [0.15, 0.2) is 59.9 Å². The van der Waals surface area contributed by atoms with Crippen molar-refractivity contribution in [3.8, 4) is 11.4 Å². The Hall–Kier alpha value is -3.81. The number of para-hydroxylation sites is 1. The number of aromatic nitrogens is 5. The van der Waals surface area contributed by atoms with E-state index in [0.717, 1.165) is 12.1 Å². The van der Waals surface area contributed by atoms with Crippen LogP contribution in [0.3, 0.4) is 0 Å². The molecular formula is C24H22N6O2. The minimum Gasteiger partial charge on any atom is -0.338 e. The second kappa shape index (κ2) is 7.12. The van der Waals surface area contributed by atoms with Crippen LogP contribution in [0.2, 0.25) is 0 Å². The lowest BCUT2D eigenvalue weighted by Crippen LogP contribution is -2.49. The molecular weight excluding hydrogens is 404 g/mol. The van der Waals surface area contributed by atoms with Crippen LogP contribution in [0, 0.1) is 5.92 Å². The van der Waals surface area contributed by atoms with Gasteiger partial charge in [0.15, 0.2) is 0 Å². The van der Waals surface area contributed by atoms with Gasteiger partial charge in [0.05, 0.1) is 16.6 Å². The highest BCUT2D eigenvalue weighted by Crippen LogP contribution is 2.36. The smallest absolute Gasteiger partial charge is 0.261 e. The van der Waals surface area contributed by atoms with Crippen molar-refractivity contribution in [2.45, 2.75) is 18.9 Å². The molecule has 0 N–H and O–H groups in total. The molecule has 0 saturated carbocycles. The fourth-order valence-electron chi connectivity index (χ4n) is 5.24. The molecule has 0 aliphatic carbocycles. The van der Waals surface area contributed by atoms with Crippen LogP contribution in [0.4, 0.5) is 0 Å². The molecule has 0 radical (unpaired) electrons. The van der Waals surface area contributed by atoms with Crippen LogP contribution in [0.25, 0.3) is 22.4 Å². The molecule has 0 spiro atoms. The number of likely N-dealkylation sites (tertiary alicyclic amines) is 1. The summed E-state index contributed by atoms with van der Waals surface area (Å²) in [5.74, 6) is 1.03. The summed E-state index contributed by atoms with van der Waals surface area (Å²) in [6, 6.07) is 9.44. The second-order valence-electron chi connectivity index (χ2n) is 8.69. The molecule has 6 rings (SSSR count). The van der Waals surface area contributed by atoms with Crippen molar-refractivity contribution in [3.05, 3.63) is 76.7 Å². The van der Waals surface area contributed by atoms with Gasteiger partial charge in [0.25, 0.3) is 11.5 Å². The number of piperidine rings is 1. The van der Waals surface area contributed by atoms with Gasteiger partial charge < -0.3 is 14.0 Å². The lowest BCUT2D eigenvalue weighted by atomic mass is 9.82. The Morgan fingerprint density at radius 1 is 1.00 bits per heavy atom. The molecule has 0 unspecified atom stereocenters. The van der Waals surface area contributed by atoms with Gasteiger partial charge in [-0.3, -0.25) is 19.6 Å². The van der Waals surface area contributed by atoms with Crippen LogP contribution in [-0.4, -0.2) is 48.0 Å². The number of carbonyl (C=O) groups excluding carboxylic acids is 1. The van der Waals surface area contributed by atoms with E-state index in [9.17, 15) is 9.59 Å². The quantitative estimate of drug-likeness (QED) is 0.492. The number of benzene rings is 1. The van der Waals surface area contributed by atoms with E-state index in [1.807, 2.05) is 57.6 Å². The number of aryl methyl sites for hydroxylation is 1. The number of rotatable bonds is 2. The van der Waals surface area contributed by atoms with Crippen LogP contribution in [0.1, 0.15) is 28.4 Å². The van der Waals surface area contributed by atoms with E-state index in [0.29, 0.717) is 47.6 Å². The maximum atomic E-state index is 13.4. The third-order valence-electron chi connectivity index (χ3n) is 6.68. The molecule has 32 heavy (non-hydrogen) atoms. The van der Waals surface area contributed by atoms with E-state index < -0.39 is 0 Å². The topological polar surface area (TPSA) is 85.9 Å². The van der Waals surface area contributed by atoms with Crippen molar-refractivity contribution in [1.82, 2.24) is 29.0 Å². The summed E-state index contributed by atoms with van der Waals surface area (Å²) in [5.41, 5.74) is 3.54. The fraction of sp³-hybridized carbons (Fsp3) is 0.292. The normalized spacial score (nSPS) is 19.7. The Balaban J connectivity index is 1.34. The highest BCUT2D eigenvalue weighted by molar-refractivity contribution is 6.04. The molecule has 5 heterocycles. The molecule has 1 amide bonds. The first-order chi connectivity index (χ1) is 15.6. The summed E-state index contributed by atoms with van der Waals surface area (Å²) in [7, 11) is 1.89. The first-order valence-corrected chi connectivity index (χ1v) is 10.8. The molecule has 1 saturated heterocycles. The first kappa shape index (κ1) is 18.9.